The van der Waals surface area contributed by atoms with Crippen molar-refractivity contribution in [2.75, 3.05) is 28.7 Å². The van der Waals surface area contributed by atoms with Gasteiger partial charge in [0.2, 0.25) is 17.2 Å². The van der Waals surface area contributed by atoms with Crippen molar-refractivity contribution in [3.8, 4) is 5.75 Å². The summed E-state index contributed by atoms with van der Waals surface area (Å²) in [6.45, 7) is 3.05. The molecule has 0 saturated carbocycles. The third kappa shape index (κ3) is 16.2. The Balaban J connectivity index is 0.00000465. The number of sulfone groups is 2. The van der Waals surface area contributed by atoms with Gasteiger partial charge in [0.25, 0.3) is 0 Å². The van der Waals surface area contributed by atoms with Crippen molar-refractivity contribution >= 4 is 111 Å². The van der Waals surface area contributed by atoms with Crippen LogP contribution in [0.1, 0.15) is 0 Å². The van der Waals surface area contributed by atoms with E-state index in [-0.39, 0.29) is 209 Å². The van der Waals surface area contributed by atoms with E-state index in [0.29, 0.717) is 0 Å². The van der Waals surface area contributed by atoms with Crippen LogP contribution >= 0.6 is 36.0 Å². The predicted molar refractivity (Wildman–Crippen MR) is 195 cm³/mol. The van der Waals surface area contributed by atoms with Gasteiger partial charge >= 0.3 is 118 Å². The summed E-state index contributed by atoms with van der Waals surface area (Å²) in [5.41, 5.74) is -0.339. The Kier molecular flexibility index (Phi) is 25.7. The molecule has 32 heteroatoms. The maximum absolute atomic E-state index is 12.7. The molecule has 0 atom stereocenters. The molecule has 1 heterocycles. The zero-order chi connectivity index (χ0) is 41.4. The molecule has 0 aliphatic heterocycles. The van der Waals surface area contributed by atoms with Crippen LogP contribution in [-0.2, 0) is 52.7 Å². The monoisotopic (exact) mass is 995 g/mol. The Labute approximate surface area is 449 Å². The van der Waals surface area contributed by atoms with E-state index in [9.17, 15) is 45.4 Å². The van der Waals surface area contributed by atoms with Gasteiger partial charge < -0.3 is 37.7 Å². The first-order chi connectivity index (χ1) is 27.1. The molecular formula is C29H22ClN7Na4O15S5. The fraction of sp³-hybridized carbons (Fsp3) is 0.103. The van der Waals surface area contributed by atoms with Crippen LogP contribution in [0, 0.1) is 6.92 Å². The smallest absolute Gasteiger partial charge is 0.744 e. The van der Waals surface area contributed by atoms with Crippen molar-refractivity contribution in [2.45, 2.75) is 19.6 Å². The number of hydrogen-bond acceptors (Lipinski definition) is 24. The second-order valence-corrected chi connectivity index (χ2v) is 17.8. The summed E-state index contributed by atoms with van der Waals surface area (Å²) in [5, 5.41) is 50.5. The molecule has 22 nitrogen and oxygen atoms in total. The molecule has 0 aliphatic rings. The number of rotatable bonds is 19. The molecule has 3 N–H and O–H groups in total. The van der Waals surface area contributed by atoms with Gasteiger partial charge in [-0.15, -0.1) is 9.45 Å². The van der Waals surface area contributed by atoms with Gasteiger partial charge in [0.1, 0.15) is 15.8 Å². The van der Waals surface area contributed by atoms with Crippen molar-refractivity contribution in [2.24, 2.45) is 10.2 Å². The first-order valence-corrected chi connectivity index (χ1v) is 21.5. The van der Waals surface area contributed by atoms with E-state index in [2.05, 4.69) is 61.5 Å². The summed E-state index contributed by atoms with van der Waals surface area (Å²) in [5.74, 6) is -2.12. The molecular weight excluding hydrogens is 974 g/mol. The molecule has 0 radical (unpaired) electrons. The van der Waals surface area contributed by atoms with Crippen molar-refractivity contribution in [3.63, 3.8) is 0 Å². The normalized spacial score (nSPS) is 11.6. The molecule has 304 valence electrons. The molecule has 0 amide bonds. The minimum atomic E-state index is -5.39. The molecule has 0 bridgehead atoms. The molecule has 0 unspecified atom stereocenters. The van der Waals surface area contributed by atoms with Gasteiger partial charge in [-0.3, -0.25) is 14.3 Å². The SMILES string of the molecule is [CH2-]CS(=O)(=O)c1ccc(N=Nc2c(SOO[O-])cc3c(S(=O)(=O)[O-])c(Nc4nc(Cl)nc(Nc5ccc(S(=O)(=O)CCOSOO[O-])cc5)n4)ccc3c2O)cc1.[Na+].[Na+].[Na+].[Na+]. The molecule has 0 fully saturated rings. The molecule has 0 aliphatic carbocycles. The molecule has 5 aromatic rings. The number of nitrogens with zero attached hydrogens (tertiary/aromatic N) is 5. The van der Waals surface area contributed by atoms with Crippen LogP contribution in [0.5, 0.6) is 5.75 Å². The van der Waals surface area contributed by atoms with Crippen LogP contribution in [0.15, 0.2) is 96.5 Å². The van der Waals surface area contributed by atoms with E-state index in [0.717, 1.165) is 12.1 Å². The predicted octanol–water partition coefficient (Wildman–Crippen LogP) is -8.38. The first-order valence-electron chi connectivity index (χ1n) is 15.0. The van der Waals surface area contributed by atoms with E-state index in [1.807, 2.05) is 0 Å². The third-order valence-corrected chi connectivity index (χ3v) is 12.5. The zero-order valence-electron chi connectivity index (χ0n) is 32.0. The van der Waals surface area contributed by atoms with E-state index < -0.39 is 57.2 Å². The first kappa shape index (κ1) is 58.7. The van der Waals surface area contributed by atoms with Crippen LogP contribution in [0.25, 0.3) is 10.8 Å². The molecule has 5 rings (SSSR count). The van der Waals surface area contributed by atoms with E-state index in [1.54, 1.807) is 0 Å². The number of azo groups is 1. The maximum Gasteiger partial charge on any atom is 1.00 e. The topological polar surface area (TPSA) is 325 Å². The van der Waals surface area contributed by atoms with Gasteiger partial charge in [-0.1, -0.05) is 5.75 Å². The molecule has 4 aromatic carbocycles. The molecule has 0 spiro atoms. The number of halogens is 1. The van der Waals surface area contributed by atoms with Crippen LogP contribution in [0.3, 0.4) is 0 Å². The fourth-order valence-corrected chi connectivity index (χ4v) is 8.37. The second kappa shape index (κ2) is 26.7. The average Bonchev–Trinajstić information content (AvgIpc) is 3.16. The average molecular weight is 996 g/mol. The summed E-state index contributed by atoms with van der Waals surface area (Å²) in [6, 6.07) is 13.8. The summed E-state index contributed by atoms with van der Waals surface area (Å²) in [4.78, 5) is 10.7. The number of nitrogens with one attached hydrogen (secondary N) is 2. The van der Waals surface area contributed by atoms with Crippen molar-refractivity contribution < 1.29 is 187 Å². The Morgan fingerprint density at radius 3 is 1.95 bits per heavy atom. The summed E-state index contributed by atoms with van der Waals surface area (Å²) < 4.78 is 101. The van der Waals surface area contributed by atoms with Gasteiger partial charge in [0.05, 0.1) is 55.4 Å². The van der Waals surface area contributed by atoms with Crippen LogP contribution < -0.4 is 139 Å². The molecule has 1 aromatic heterocycles. The van der Waals surface area contributed by atoms with Gasteiger partial charge in [0, 0.05) is 16.5 Å². The van der Waals surface area contributed by atoms with Gasteiger partial charge in [-0.25, -0.2) is 25.3 Å². The maximum atomic E-state index is 12.7. The molecule has 61 heavy (non-hydrogen) atoms. The van der Waals surface area contributed by atoms with Gasteiger partial charge in [-0.05, 0) is 78.3 Å². The number of phenolic OH excluding ortho intramolecular Hbond substituents is 1. The summed E-state index contributed by atoms with van der Waals surface area (Å²) in [6.07, 6.45) is 0. The summed E-state index contributed by atoms with van der Waals surface area (Å²) >= 11 is 6.46. The standard InChI is InChI=1S/C29H25ClN7O15S5.4Na/c1-2-55(41,42)18-9-5-17(6-10-18)36-37-24-23(53-51-49-39)15-21-20(25(24)38)11-12-22(26(21)57(45,46)47)32-29-34-27(30)33-28(35-29)31-16-3-7-19(8-4-16)56(43,44)14-13-48-54-52-50-40;;;;/h3-12,15,38-40H,1-2,13-14H2,(H,45,46,47)(H2,31,32,33,34,35);;;;/q-1;4*+1/p-3. The number of fused-ring (bicyclic) bond motifs is 1. The largest absolute Gasteiger partial charge is 1.00 e. The minimum Gasteiger partial charge on any atom is -0.744 e. The Morgan fingerprint density at radius 2 is 1.36 bits per heavy atom. The number of anilines is 4. The van der Waals surface area contributed by atoms with Crippen LogP contribution in [-0.4, -0.2) is 68.0 Å². The number of aromatic nitrogens is 3. The Hall–Kier alpha value is -0.330. The van der Waals surface area contributed by atoms with Crippen molar-refractivity contribution in [1.29, 1.82) is 0 Å². The van der Waals surface area contributed by atoms with Crippen LogP contribution in [0.2, 0.25) is 5.28 Å². The van der Waals surface area contributed by atoms with E-state index in [1.165, 1.54) is 54.6 Å². The van der Waals surface area contributed by atoms with E-state index in [4.69, 9.17) is 15.8 Å². The second-order valence-electron chi connectivity index (χ2n) is 10.7. The summed E-state index contributed by atoms with van der Waals surface area (Å²) in [7, 11) is -12.8. The number of phenols is 1. The third-order valence-electron chi connectivity index (χ3n) is 7.18. The minimum absolute atomic E-state index is 0. The van der Waals surface area contributed by atoms with Gasteiger partial charge in [0.15, 0.2) is 37.7 Å². The van der Waals surface area contributed by atoms with Crippen LogP contribution in [0.4, 0.5) is 34.6 Å². The Morgan fingerprint density at radius 1 is 0.770 bits per heavy atom. The fourth-order valence-electron chi connectivity index (χ4n) is 4.70. The van der Waals surface area contributed by atoms with Gasteiger partial charge in [-0.2, -0.15) is 24.4 Å². The number of benzene rings is 4. The Bertz CT molecular complexity index is 2630. The number of aromatic hydroxyl groups is 1. The zero-order valence-corrected chi connectivity index (χ0v) is 44.8. The van der Waals surface area contributed by atoms with Crippen molar-refractivity contribution in [3.05, 3.63) is 78.9 Å². The van der Waals surface area contributed by atoms with Crippen molar-refractivity contribution in [1.82, 2.24) is 15.0 Å². The van der Waals surface area contributed by atoms with E-state index >= 15 is 0 Å². The number of hydrogen-bond donors (Lipinski definition) is 3. The molecule has 0 saturated heterocycles. The quantitative estimate of drug-likeness (QED) is 0.0101.